The van der Waals surface area contributed by atoms with Gasteiger partial charge in [0.1, 0.15) is 5.75 Å². The molecule has 1 atom stereocenters. The van der Waals surface area contributed by atoms with Gasteiger partial charge in [-0.1, -0.05) is 53.5 Å². The van der Waals surface area contributed by atoms with E-state index >= 15 is 0 Å². The number of rotatable bonds is 7. The SMILES string of the molecule is CC(Oc1ccc(Cl)cc1Cl)C(=O)NCCCc1ccccc1. The molecule has 23 heavy (non-hydrogen) atoms. The van der Waals surface area contributed by atoms with Crippen molar-refractivity contribution < 1.29 is 9.53 Å². The standard InChI is InChI=1S/C18H19Cl2NO2/c1-13(23-17-10-9-15(19)12-16(17)20)18(22)21-11-5-8-14-6-3-2-4-7-14/h2-4,6-7,9-10,12-13H,5,8,11H2,1H3,(H,21,22). The Labute approximate surface area is 146 Å². The zero-order valence-corrected chi connectivity index (χ0v) is 14.4. The summed E-state index contributed by atoms with van der Waals surface area (Å²) >= 11 is 11.9. The summed E-state index contributed by atoms with van der Waals surface area (Å²) in [6.07, 6.45) is 1.19. The van der Waals surface area contributed by atoms with Crippen LogP contribution in [0.5, 0.6) is 5.75 Å². The van der Waals surface area contributed by atoms with Crippen molar-refractivity contribution in [2.24, 2.45) is 0 Å². The van der Waals surface area contributed by atoms with Crippen LogP contribution in [0.15, 0.2) is 48.5 Å². The molecular weight excluding hydrogens is 333 g/mol. The van der Waals surface area contributed by atoms with Gasteiger partial charge in [-0.15, -0.1) is 0 Å². The fraction of sp³-hybridized carbons (Fsp3) is 0.278. The highest BCUT2D eigenvalue weighted by molar-refractivity contribution is 6.35. The van der Waals surface area contributed by atoms with E-state index in [-0.39, 0.29) is 5.91 Å². The highest BCUT2D eigenvalue weighted by atomic mass is 35.5. The highest BCUT2D eigenvalue weighted by Gasteiger charge is 2.15. The number of aryl methyl sites for hydroxylation is 1. The first-order valence-corrected chi connectivity index (χ1v) is 8.25. The van der Waals surface area contributed by atoms with Crippen LogP contribution < -0.4 is 10.1 Å². The molecule has 0 aromatic heterocycles. The summed E-state index contributed by atoms with van der Waals surface area (Å²) in [7, 11) is 0. The van der Waals surface area contributed by atoms with Gasteiger partial charge < -0.3 is 10.1 Å². The molecule has 5 heteroatoms. The summed E-state index contributed by atoms with van der Waals surface area (Å²) < 4.78 is 5.57. The maximum absolute atomic E-state index is 12.0. The van der Waals surface area contributed by atoms with Gasteiger partial charge in [0, 0.05) is 11.6 Å². The van der Waals surface area contributed by atoms with E-state index in [0.717, 1.165) is 12.8 Å². The lowest BCUT2D eigenvalue weighted by Crippen LogP contribution is -2.37. The molecule has 0 bridgehead atoms. The first-order chi connectivity index (χ1) is 11.1. The van der Waals surface area contributed by atoms with Crippen molar-refractivity contribution in [3.05, 3.63) is 64.1 Å². The summed E-state index contributed by atoms with van der Waals surface area (Å²) in [4.78, 5) is 12.0. The Hall–Kier alpha value is -1.71. The van der Waals surface area contributed by atoms with E-state index in [2.05, 4.69) is 17.4 Å². The van der Waals surface area contributed by atoms with E-state index in [1.165, 1.54) is 5.56 Å². The lowest BCUT2D eigenvalue weighted by atomic mass is 10.1. The summed E-state index contributed by atoms with van der Waals surface area (Å²) in [5.41, 5.74) is 1.26. The van der Waals surface area contributed by atoms with Gasteiger partial charge in [0.25, 0.3) is 5.91 Å². The molecule has 0 aliphatic rings. The molecule has 0 saturated carbocycles. The van der Waals surface area contributed by atoms with Crippen LogP contribution in [0, 0.1) is 0 Å². The number of amides is 1. The van der Waals surface area contributed by atoms with Gasteiger partial charge in [0.2, 0.25) is 0 Å². The molecule has 0 radical (unpaired) electrons. The fourth-order valence-electron chi connectivity index (χ4n) is 2.11. The molecule has 2 aromatic carbocycles. The summed E-state index contributed by atoms with van der Waals surface area (Å²) in [6, 6.07) is 15.1. The number of carbonyl (C=O) groups excluding carboxylic acids is 1. The molecule has 0 spiro atoms. The first-order valence-electron chi connectivity index (χ1n) is 7.49. The number of carbonyl (C=O) groups is 1. The summed E-state index contributed by atoms with van der Waals surface area (Å²) in [6.45, 7) is 2.30. The molecule has 2 rings (SSSR count). The van der Waals surface area contributed by atoms with Gasteiger partial charge in [-0.2, -0.15) is 0 Å². The van der Waals surface area contributed by atoms with Crippen molar-refractivity contribution in [2.45, 2.75) is 25.9 Å². The van der Waals surface area contributed by atoms with Gasteiger partial charge in [-0.05, 0) is 43.5 Å². The zero-order chi connectivity index (χ0) is 16.7. The third-order valence-electron chi connectivity index (χ3n) is 3.35. The van der Waals surface area contributed by atoms with Crippen LogP contribution in [0.25, 0.3) is 0 Å². The number of nitrogens with one attached hydrogen (secondary N) is 1. The summed E-state index contributed by atoms with van der Waals surface area (Å²) in [5.74, 6) is 0.284. The largest absolute Gasteiger partial charge is 0.479 e. The number of halogens is 2. The second-order valence-corrected chi connectivity index (χ2v) is 6.06. The summed E-state index contributed by atoms with van der Waals surface area (Å²) in [5, 5.41) is 3.79. The van der Waals surface area contributed by atoms with Crippen molar-refractivity contribution in [3.63, 3.8) is 0 Å². The van der Waals surface area contributed by atoms with Gasteiger partial charge >= 0.3 is 0 Å². The van der Waals surface area contributed by atoms with Crippen LogP contribution in [0.3, 0.4) is 0 Å². The second kappa shape index (κ2) is 8.80. The molecular formula is C18H19Cl2NO2. The van der Waals surface area contributed by atoms with E-state index in [9.17, 15) is 4.79 Å². The third-order valence-corrected chi connectivity index (χ3v) is 3.88. The Morgan fingerprint density at radius 3 is 2.61 bits per heavy atom. The van der Waals surface area contributed by atoms with Crippen LogP contribution in [-0.4, -0.2) is 18.6 Å². The molecule has 0 aliphatic heterocycles. The van der Waals surface area contributed by atoms with Crippen LogP contribution in [0.1, 0.15) is 18.9 Å². The maximum Gasteiger partial charge on any atom is 0.260 e. The van der Waals surface area contributed by atoms with Gasteiger partial charge in [-0.25, -0.2) is 0 Å². The van der Waals surface area contributed by atoms with E-state index < -0.39 is 6.10 Å². The number of ether oxygens (including phenoxy) is 1. The van der Waals surface area contributed by atoms with Crippen molar-refractivity contribution in [3.8, 4) is 5.75 Å². The normalized spacial score (nSPS) is 11.8. The predicted molar refractivity (Wildman–Crippen MR) is 94.3 cm³/mol. The lowest BCUT2D eigenvalue weighted by Gasteiger charge is -2.15. The maximum atomic E-state index is 12.0. The molecule has 1 N–H and O–H groups in total. The van der Waals surface area contributed by atoms with Crippen molar-refractivity contribution >= 4 is 29.1 Å². The molecule has 2 aromatic rings. The van der Waals surface area contributed by atoms with Crippen LogP contribution in [-0.2, 0) is 11.2 Å². The third kappa shape index (κ3) is 5.77. The molecule has 0 saturated heterocycles. The molecule has 1 unspecified atom stereocenters. The Balaban J connectivity index is 1.74. The number of benzene rings is 2. The molecule has 3 nitrogen and oxygen atoms in total. The van der Waals surface area contributed by atoms with Crippen LogP contribution in [0.2, 0.25) is 10.0 Å². The predicted octanol–water partition coefficient (Wildman–Crippen LogP) is 4.51. The van der Waals surface area contributed by atoms with Crippen LogP contribution >= 0.6 is 23.2 Å². The second-order valence-electron chi connectivity index (χ2n) is 5.22. The van der Waals surface area contributed by atoms with Crippen molar-refractivity contribution in [1.82, 2.24) is 5.32 Å². The van der Waals surface area contributed by atoms with Crippen molar-refractivity contribution in [2.75, 3.05) is 6.54 Å². The molecule has 0 heterocycles. The average Bonchev–Trinajstić information content (AvgIpc) is 2.55. The Morgan fingerprint density at radius 2 is 1.91 bits per heavy atom. The van der Waals surface area contributed by atoms with E-state index in [1.807, 2.05) is 18.2 Å². The van der Waals surface area contributed by atoms with Gasteiger partial charge in [-0.3, -0.25) is 4.79 Å². The Bertz CT molecular complexity index is 647. The quantitative estimate of drug-likeness (QED) is 0.745. The van der Waals surface area contributed by atoms with Gasteiger partial charge in [0.05, 0.1) is 5.02 Å². The molecule has 0 fully saturated rings. The average molecular weight is 352 g/mol. The molecule has 1 amide bonds. The van der Waals surface area contributed by atoms with Gasteiger partial charge in [0.15, 0.2) is 6.10 Å². The minimum Gasteiger partial charge on any atom is -0.479 e. The first kappa shape index (κ1) is 17.6. The fourth-order valence-corrected chi connectivity index (χ4v) is 2.56. The Kier molecular flexibility index (Phi) is 6.75. The van der Waals surface area contributed by atoms with E-state index in [4.69, 9.17) is 27.9 Å². The number of hydrogen-bond donors (Lipinski definition) is 1. The smallest absolute Gasteiger partial charge is 0.260 e. The van der Waals surface area contributed by atoms with E-state index in [0.29, 0.717) is 22.3 Å². The monoisotopic (exact) mass is 351 g/mol. The van der Waals surface area contributed by atoms with Crippen molar-refractivity contribution in [1.29, 1.82) is 0 Å². The highest BCUT2D eigenvalue weighted by Crippen LogP contribution is 2.28. The Morgan fingerprint density at radius 1 is 1.17 bits per heavy atom. The zero-order valence-electron chi connectivity index (χ0n) is 12.9. The topological polar surface area (TPSA) is 38.3 Å². The number of hydrogen-bond acceptors (Lipinski definition) is 2. The van der Waals surface area contributed by atoms with Crippen LogP contribution in [0.4, 0.5) is 0 Å². The minimum atomic E-state index is -0.620. The van der Waals surface area contributed by atoms with E-state index in [1.54, 1.807) is 25.1 Å². The minimum absolute atomic E-state index is 0.163. The molecule has 0 aliphatic carbocycles. The molecule has 122 valence electrons. The lowest BCUT2D eigenvalue weighted by molar-refractivity contribution is -0.127.